The molecular weight excluding hydrogens is 259 g/mol. The lowest BCUT2D eigenvalue weighted by Crippen LogP contribution is -2.41. The molecule has 1 aromatic rings. The van der Waals surface area contributed by atoms with E-state index in [1.807, 2.05) is 6.92 Å². The number of nitrogens with zero attached hydrogens (tertiary/aromatic N) is 1. The third kappa shape index (κ3) is 5.36. The topological polar surface area (TPSA) is 33.5 Å². The summed E-state index contributed by atoms with van der Waals surface area (Å²) in [5.74, 6) is -0.556. The highest BCUT2D eigenvalue weighted by Gasteiger charge is 2.34. The van der Waals surface area contributed by atoms with Gasteiger partial charge in [0.15, 0.2) is 0 Å². The monoisotopic (exact) mass is 277 g/mol. The second-order valence-corrected chi connectivity index (χ2v) is 4.58. The van der Waals surface area contributed by atoms with Gasteiger partial charge in [0.1, 0.15) is 12.3 Å². The van der Waals surface area contributed by atoms with Crippen LogP contribution in [0.15, 0.2) is 22.8 Å². The number of hydrogen-bond acceptors (Lipinski definition) is 2. The van der Waals surface area contributed by atoms with Crippen LogP contribution < -0.4 is 0 Å². The van der Waals surface area contributed by atoms with Gasteiger partial charge in [0.25, 0.3) is 0 Å². The average Bonchev–Trinajstić information content (AvgIpc) is 2.78. The quantitative estimate of drug-likeness (QED) is 0.796. The van der Waals surface area contributed by atoms with E-state index in [9.17, 15) is 18.0 Å². The van der Waals surface area contributed by atoms with Crippen LogP contribution in [0.5, 0.6) is 0 Å². The number of halogens is 3. The molecule has 0 saturated heterocycles. The van der Waals surface area contributed by atoms with Crippen LogP contribution in [0.4, 0.5) is 13.2 Å². The lowest BCUT2D eigenvalue weighted by Gasteiger charge is -2.25. The van der Waals surface area contributed by atoms with Crippen molar-refractivity contribution in [1.29, 1.82) is 0 Å². The second-order valence-electron chi connectivity index (χ2n) is 4.58. The van der Waals surface area contributed by atoms with Gasteiger partial charge >= 0.3 is 6.18 Å². The van der Waals surface area contributed by atoms with E-state index in [4.69, 9.17) is 4.42 Å². The summed E-state index contributed by atoms with van der Waals surface area (Å²) in [6.45, 7) is 2.14. The fourth-order valence-electron chi connectivity index (χ4n) is 1.89. The minimum Gasteiger partial charge on any atom is -0.467 e. The highest BCUT2D eigenvalue weighted by atomic mass is 19.4. The molecule has 0 radical (unpaired) electrons. The molecule has 1 heterocycles. The summed E-state index contributed by atoms with van der Waals surface area (Å²) in [7, 11) is 0. The van der Waals surface area contributed by atoms with Gasteiger partial charge in [-0.25, -0.2) is 0 Å². The van der Waals surface area contributed by atoms with E-state index in [-0.39, 0.29) is 6.54 Å². The van der Waals surface area contributed by atoms with Gasteiger partial charge in [-0.05, 0) is 18.6 Å². The Morgan fingerprint density at radius 1 is 1.47 bits per heavy atom. The molecule has 1 rings (SSSR count). The van der Waals surface area contributed by atoms with Crippen LogP contribution in [-0.2, 0) is 11.3 Å². The van der Waals surface area contributed by atoms with Crippen molar-refractivity contribution in [2.75, 3.05) is 6.54 Å². The van der Waals surface area contributed by atoms with Gasteiger partial charge in [-0.15, -0.1) is 0 Å². The smallest absolute Gasteiger partial charge is 0.406 e. The van der Waals surface area contributed by atoms with Crippen LogP contribution in [0.3, 0.4) is 0 Å². The van der Waals surface area contributed by atoms with Crippen molar-refractivity contribution in [2.45, 2.75) is 39.4 Å². The number of carbonyl (C=O) groups is 1. The molecule has 0 bridgehead atoms. The maximum atomic E-state index is 12.5. The molecule has 3 nitrogen and oxygen atoms in total. The Balaban J connectivity index is 2.76. The summed E-state index contributed by atoms with van der Waals surface area (Å²) in [6, 6.07) is 3.14. The molecule has 0 aliphatic carbocycles. The molecule has 1 amide bonds. The third-order valence-electron chi connectivity index (χ3n) is 2.75. The maximum Gasteiger partial charge on any atom is 0.406 e. The van der Waals surface area contributed by atoms with Gasteiger partial charge in [0.2, 0.25) is 5.91 Å². The number of carbonyl (C=O) groups excluding carboxylic acids is 1. The summed E-state index contributed by atoms with van der Waals surface area (Å²) in [6.07, 6.45) is -1.70. The Hall–Kier alpha value is -1.46. The first kappa shape index (κ1) is 15.6. The molecule has 0 fully saturated rings. The zero-order valence-corrected chi connectivity index (χ0v) is 11.0. The third-order valence-corrected chi connectivity index (χ3v) is 2.75. The van der Waals surface area contributed by atoms with Crippen molar-refractivity contribution in [3.8, 4) is 0 Å². The molecular formula is C13H18F3NO2. The Bertz CT molecular complexity index is 387. The van der Waals surface area contributed by atoms with E-state index in [1.165, 1.54) is 6.26 Å². The van der Waals surface area contributed by atoms with Crippen molar-refractivity contribution >= 4 is 5.91 Å². The van der Waals surface area contributed by atoms with E-state index in [2.05, 4.69) is 0 Å². The molecule has 19 heavy (non-hydrogen) atoms. The molecule has 0 N–H and O–H groups in total. The van der Waals surface area contributed by atoms with Gasteiger partial charge in [-0.1, -0.05) is 20.3 Å². The molecule has 6 heteroatoms. The highest BCUT2D eigenvalue weighted by molar-refractivity contribution is 5.78. The van der Waals surface area contributed by atoms with Crippen LogP contribution >= 0.6 is 0 Å². The Labute approximate surface area is 110 Å². The fourth-order valence-corrected chi connectivity index (χ4v) is 1.89. The SMILES string of the molecule is CCCC(C)C(=O)N(Cc1ccco1)CC(F)(F)F. The lowest BCUT2D eigenvalue weighted by atomic mass is 10.0. The standard InChI is InChI=1S/C13H18F3NO2/c1-3-5-10(2)12(18)17(9-13(14,15)16)8-11-6-4-7-19-11/h4,6-7,10H,3,5,8-9H2,1-2H3. The second kappa shape index (κ2) is 6.63. The van der Waals surface area contributed by atoms with E-state index >= 15 is 0 Å². The van der Waals surface area contributed by atoms with E-state index in [0.29, 0.717) is 12.2 Å². The Kier molecular flexibility index (Phi) is 5.44. The van der Waals surface area contributed by atoms with Crippen molar-refractivity contribution in [1.82, 2.24) is 4.90 Å². The van der Waals surface area contributed by atoms with Crippen molar-refractivity contribution in [2.24, 2.45) is 5.92 Å². The lowest BCUT2D eigenvalue weighted by molar-refractivity contribution is -0.165. The zero-order valence-electron chi connectivity index (χ0n) is 11.0. The summed E-state index contributed by atoms with van der Waals surface area (Å²) in [4.78, 5) is 12.8. The van der Waals surface area contributed by atoms with E-state index in [1.54, 1.807) is 19.1 Å². The zero-order chi connectivity index (χ0) is 14.5. The minimum atomic E-state index is -4.41. The summed E-state index contributed by atoms with van der Waals surface area (Å²) in [5.41, 5.74) is 0. The van der Waals surface area contributed by atoms with Crippen LogP contribution in [0.25, 0.3) is 0 Å². The Morgan fingerprint density at radius 2 is 2.16 bits per heavy atom. The molecule has 1 unspecified atom stereocenters. The number of rotatable bonds is 6. The molecule has 0 aliphatic heterocycles. The molecule has 108 valence electrons. The first-order valence-electron chi connectivity index (χ1n) is 6.21. The number of amides is 1. The molecule has 0 aliphatic rings. The van der Waals surface area contributed by atoms with Crippen molar-refractivity contribution in [3.05, 3.63) is 24.2 Å². The van der Waals surface area contributed by atoms with Gasteiger partial charge < -0.3 is 9.32 Å². The highest BCUT2D eigenvalue weighted by Crippen LogP contribution is 2.21. The van der Waals surface area contributed by atoms with Gasteiger partial charge in [0, 0.05) is 5.92 Å². The van der Waals surface area contributed by atoms with Crippen LogP contribution in [0.2, 0.25) is 0 Å². The predicted molar refractivity (Wildman–Crippen MR) is 64.3 cm³/mol. The number of furan rings is 1. The molecule has 1 aromatic heterocycles. The summed E-state index contributed by atoms with van der Waals surface area (Å²) in [5, 5.41) is 0. The number of alkyl halides is 3. The Morgan fingerprint density at radius 3 is 2.63 bits per heavy atom. The average molecular weight is 277 g/mol. The normalized spacial score (nSPS) is 13.3. The van der Waals surface area contributed by atoms with Crippen LogP contribution in [0.1, 0.15) is 32.4 Å². The maximum absolute atomic E-state index is 12.5. The van der Waals surface area contributed by atoms with Crippen LogP contribution in [-0.4, -0.2) is 23.5 Å². The molecule has 0 saturated carbocycles. The summed E-state index contributed by atoms with van der Waals surface area (Å²) < 4.78 is 42.6. The minimum absolute atomic E-state index is 0.153. The van der Waals surface area contributed by atoms with E-state index < -0.39 is 24.5 Å². The van der Waals surface area contributed by atoms with Crippen LogP contribution in [0, 0.1) is 5.92 Å². The fraction of sp³-hybridized carbons (Fsp3) is 0.615. The van der Waals surface area contributed by atoms with Gasteiger partial charge in [-0.3, -0.25) is 4.79 Å². The van der Waals surface area contributed by atoms with Crippen molar-refractivity contribution < 1.29 is 22.4 Å². The van der Waals surface area contributed by atoms with Gasteiger partial charge in [-0.2, -0.15) is 13.2 Å². The van der Waals surface area contributed by atoms with Crippen molar-refractivity contribution in [3.63, 3.8) is 0 Å². The number of hydrogen-bond donors (Lipinski definition) is 0. The molecule has 0 spiro atoms. The molecule has 0 aromatic carbocycles. The van der Waals surface area contributed by atoms with Gasteiger partial charge in [0.05, 0.1) is 12.8 Å². The molecule has 1 atom stereocenters. The largest absolute Gasteiger partial charge is 0.467 e. The first-order chi connectivity index (χ1) is 8.83. The predicted octanol–water partition coefficient (Wildman–Crippen LogP) is 3.61. The van der Waals surface area contributed by atoms with E-state index in [0.717, 1.165) is 11.3 Å². The first-order valence-corrected chi connectivity index (χ1v) is 6.21. The summed E-state index contributed by atoms with van der Waals surface area (Å²) >= 11 is 0.